The number of benzene rings is 2. The van der Waals surface area contributed by atoms with E-state index in [4.69, 9.17) is 0 Å². The van der Waals surface area contributed by atoms with Crippen molar-refractivity contribution < 1.29 is 4.79 Å². The Morgan fingerprint density at radius 3 is 2.28 bits per heavy atom. The van der Waals surface area contributed by atoms with E-state index >= 15 is 0 Å². The van der Waals surface area contributed by atoms with Crippen LogP contribution in [0.1, 0.15) is 53.0 Å². The molecule has 4 rings (SSSR count). The lowest BCUT2D eigenvalue weighted by Gasteiger charge is -2.19. The van der Waals surface area contributed by atoms with Gasteiger partial charge >= 0.3 is 0 Å². The summed E-state index contributed by atoms with van der Waals surface area (Å²) in [4.78, 5) is 27.6. The molecule has 32 heavy (non-hydrogen) atoms. The summed E-state index contributed by atoms with van der Waals surface area (Å²) in [6.07, 6.45) is 5.23. The van der Waals surface area contributed by atoms with E-state index in [1.165, 1.54) is 50.4 Å². The van der Waals surface area contributed by atoms with Crippen LogP contribution in [0.15, 0.2) is 65.5 Å². The zero-order valence-corrected chi connectivity index (χ0v) is 18.6. The maximum atomic E-state index is 12.7. The summed E-state index contributed by atoms with van der Waals surface area (Å²) in [5.74, 6) is -0.465. The normalized spacial score (nSPS) is 14.7. The fraction of sp³-hybridized carbons (Fsp3) is 0.346. The molecular weight excluding hydrogens is 400 g/mol. The summed E-state index contributed by atoms with van der Waals surface area (Å²) in [5, 5.41) is 7.17. The fourth-order valence-electron chi connectivity index (χ4n) is 4.12. The third-order valence-electron chi connectivity index (χ3n) is 5.90. The minimum Gasteiger partial charge on any atom is -0.346 e. The number of likely N-dealkylation sites (tertiary alicyclic amines) is 1. The molecule has 1 aliphatic rings. The number of carbonyl (C=O) groups excluding carboxylic acids is 1. The van der Waals surface area contributed by atoms with Crippen LogP contribution in [0.2, 0.25) is 0 Å². The van der Waals surface area contributed by atoms with Crippen molar-refractivity contribution in [1.29, 1.82) is 0 Å². The largest absolute Gasteiger partial charge is 0.346 e. The van der Waals surface area contributed by atoms with Gasteiger partial charge in [-0.05, 0) is 56.1 Å². The van der Waals surface area contributed by atoms with Crippen molar-refractivity contribution in [3.05, 3.63) is 93.4 Å². The number of hydrogen-bond acceptors (Lipinski definition) is 4. The lowest BCUT2D eigenvalue weighted by molar-refractivity contribution is 0.0943. The number of rotatable bonds is 6. The molecule has 166 valence electrons. The number of hydrogen-bond donors (Lipinski definition) is 1. The van der Waals surface area contributed by atoms with Crippen LogP contribution < -0.4 is 10.7 Å². The van der Waals surface area contributed by atoms with E-state index < -0.39 is 5.91 Å². The molecule has 0 bridgehead atoms. The standard InChI is InChI=1S/C26H30N4O2/c1-20-17-24(31)25(28-30(20)23-9-5-4-6-10-23)26(32)27-18-21-11-13-22(14-12-21)19-29-15-7-2-3-8-16-29/h4-6,9-14,17H,2-3,7-8,15-16,18-19H2,1H3,(H,27,32). The molecule has 0 unspecified atom stereocenters. The van der Waals surface area contributed by atoms with E-state index in [9.17, 15) is 9.59 Å². The van der Waals surface area contributed by atoms with Gasteiger partial charge in [-0.15, -0.1) is 0 Å². The van der Waals surface area contributed by atoms with Crippen molar-refractivity contribution >= 4 is 5.91 Å². The summed E-state index contributed by atoms with van der Waals surface area (Å²) in [6, 6.07) is 19.3. The Bertz CT molecular complexity index is 1100. The third-order valence-corrected chi connectivity index (χ3v) is 5.90. The number of para-hydroxylation sites is 1. The van der Waals surface area contributed by atoms with Gasteiger partial charge in [0.05, 0.1) is 5.69 Å². The van der Waals surface area contributed by atoms with Gasteiger partial charge in [0.15, 0.2) is 5.69 Å². The van der Waals surface area contributed by atoms with Crippen LogP contribution in [0.25, 0.3) is 5.69 Å². The smallest absolute Gasteiger partial charge is 0.276 e. The molecule has 2 aromatic carbocycles. The second-order valence-electron chi connectivity index (χ2n) is 8.44. The fourth-order valence-corrected chi connectivity index (χ4v) is 4.12. The molecule has 0 saturated carbocycles. The minimum atomic E-state index is -0.465. The lowest BCUT2D eigenvalue weighted by atomic mass is 10.1. The van der Waals surface area contributed by atoms with Crippen LogP contribution >= 0.6 is 0 Å². The van der Waals surface area contributed by atoms with E-state index in [0.29, 0.717) is 12.2 Å². The molecule has 0 radical (unpaired) electrons. The van der Waals surface area contributed by atoms with Crippen LogP contribution in [0.5, 0.6) is 0 Å². The van der Waals surface area contributed by atoms with Crippen LogP contribution in [-0.4, -0.2) is 33.7 Å². The van der Waals surface area contributed by atoms with E-state index in [-0.39, 0.29) is 11.1 Å². The Hall–Kier alpha value is -3.25. The molecule has 2 heterocycles. The summed E-state index contributed by atoms with van der Waals surface area (Å²) < 4.78 is 1.62. The van der Waals surface area contributed by atoms with Crippen molar-refractivity contribution in [2.45, 2.75) is 45.7 Å². The highest BCUT2D eigenvalue weighted by atomic mass is 16.2. The van der Waals surface area contributed by atoms with Crippen molar-refractivity contribution in [2.75, 3.05) is 13.1 Å². The molecule has 0 aliphatic carbocycles. The molecule has 1 amide bonds. The first-order valence-corrected chi connectivity index (χ1v) is 11.3. The molecule has 6 nitrogen and oxygen atoms in total. The van der Waals surface area contributed by atoms with Gasteiger partial charge in [-0.2, -0.15) is 5.10 Å². The van der Waals surface area contributed by atoms with Crippen molar-refractivity contribution in [3.8, 4) is 5.69 Å². The van der Waals surface area contributed by atoms with Crippen LogP contribution in [0, 0.1) is 6.92 Å². The number of amides is 1. The number of carbonyl (C=O) groups is 1. The van der Waals surface area contributed by atoms with Crippen molar-refractivity contribution in [1.82, 2.24) is 20.0 Å². The Labute approximate surface area is 188 Å². The maximum Gasteiger partial charge on any atom is 0.276 e. The monoisotopic (exact) mass is 430 g/mol. The lowest BCUT2D eigenvalue weighted by Crippen LogP contribution is -2.31. The first kappa shape index (κ1) is 22.0. The minimum absolute atomic E-state index is 0.0998. The molecule has 6 heteroatoms. The van der Waals surface area contributed by atoms with Gasteiger partial charge in [0, 0.05) is 24.8 Å². The third kappa shape index (κ3) is 5.51. The van der Waals surface area contributed by atoms with Gasteiger partial charge in [0.25, 0.3) is 5.91 Å². The molecule has 1 saturated heterocycles. The second-order valence-corrected chi connectivity index (χ2v) is 8.44. The Kier molecular flexibility index (Phi) is 7.12. The molecule has 1 aromatic heterocycles. The topological polar surface area (TPSA) is 67.2 Å². The number of aryl methyl sites for hydroxylation is 1. The number of nitrogens with one attached hydrogen (secondary N) is 1. The molecule has 1 aliphatic heterocycles. The van der Waals surface area contributed by atoms with E-state index in [2.05, 4.69) is 27.4 Å². The zero-order valence-electron chi connectivity index (χ0n) is 18.6. The molecule has 3 aromatic rings. The molecule has 0 spiro atoms. The Balaban J connectivity index is 1.40. The Morgan fingerprint density at radius 1 is 0.938 bits per heavy atom. The van der Waals surface area contributed by atoms with Crippen LogP contribution in [-0.2, 0) is 13.1 Å². The average molecular weight is 431 g/mol. The first-order chi connectivity index (χ1) is 15.6. The molecular formula is C26H30N4O2. The van der Waals surface area contributed by atoms with E-state index in [1.54, 1.807) is 11.6 Å². The second kappa shape index (κ2) is 10.4. The highest BCUT2D eigenvalue weighted by molar-refractivity contribution is 5.92. The zero-order chi connectivity index (χ0) is 22.3. The predicted octanol–water partition coefficient (Wildman–Crippen LogP) is 3.85. The molecule has 1 N–H and O–H groups in total. The summed E-state index contributed by atoms with van der Waals surface area (Å²) in [6.45, 7) is 5.46. The van der Waals surface area contributed by atoms with Crippen molar-refractivity contribution in [3.63, 3.8) is 0 Å². The van der Waals surface area contributed by atoms with Crippen molar-refractivity contribution in [2.24, 2.45) is 0 Å². The van der Waals surface area contributed by atoms with Gasteiger partial charge < -0.3 is 5.32 Å². The van der Waals surface area contributed by atoms with Crippen LogP contribution in [0.3, 0.4) is 0 Å². The van der Waals surface area contributed by atoms with Crippen LogP contribution in [0.4, 0.5) is 0 Å². The van der Waals surface area contributed by atoms with E-state index in [0.717, 1.165) is 17.8 Å². The summed E-state index contributed by atoms with van der Waals surface area (Å²) in [7, 11) is 0. The predicted molar refractivity (Wildman–Crippen MR) is 126 cm³/mol. The molecule has 0 atom stereocenters. The van der Waals surface area contributed by atoms with E-state index in [1.807, 2.05) is 42.5 Å². The van der Waals surface area contributed by atoms with Gasteiger partial charge in [-0.25, -0.2) is 4.68 Å². The highest BCUT2D eigenvalue weighted by Gasteiger charge is 2.15. The van der Waals surface area contributed by atoms with Gasteiger partial charge in [0.1, 0.15) is 0 Å². The van der Waals surface area contributed by atoms with Gasteiger partial charge in [-0.3, -0.25) is 14.5 Å². The number of nitrogens with zero attached hydrogens (tertiary/aromatic N) is 3. The maximum absolute atomic E-state index is 12.7. The van der Waals surface area contributed by atoms with Gasteiger partial charge in [0.2, 0.25) is 5.43 Å². The summed E-state index contributed by atoms with van der Waals surface area (Å²) in [5.41, 5.74) is 3.29. The molecule has 1 fully saturated rings. The first-order valence-electron chi connectivity index (χ1n) is 11.3. The van der Waals surface area contributed by atoms with Gasteiger partial charge in [-0.1, -0.05) is 55.3 Å². The SMILES string of the molecule is Cc1cc(=O)c(C(=O)NCc2ccc(CN3CCCCCC3)cc2)nn1-c1ccccc1. The highest BCUT2D eigenvalue weighted by Crippen LogP contribution is 2.14. The summed E-state index contributed by atoms with van der Waals surface area (Å²) >= 11 is 0. The average Bonchev–Trinajstić information content (AvgIpc) is 3.08. The Morgan fingerprint density at radius 2 is 1.59 bits per heavy atom. The quantitative estimate of drug-likeness (QED) is 0.645. The number of aromatic nitrogens is 2.